The van der Waals surface area contributed by atoms with Crippen LogP contribution < -0.4 is 11.2 Å². The molecule has 0 bridgehead atoms. The molecule has 1 heterocycles. The largest absolute Gasteiger partial charge is 0.465 e. The van der Waals surface area contributed by atoms with E-state index in [0.29, 0.717) is 5.52 Å². The lowest BCUT2D eigenvalue weighted by Crippen LogP contribution is -2.39. The second-order valence-corrected chi connectivity index (χ2v) is 7.24. The number of rotatable bonds is 5. The number of nitrogens with zero attached hydrogens (tertiary/aromatic N) is 3. The Balaban J connectivity index is 1.99. The maximum atomic E-state index is 13.0. The van der Waals surface area contributed by atoms with Gasteiger partial charge < -0.3 is 9.64 Å². The SMILES string of the molecule is COC(=O)c1ccc2c(c1)c(=O)n(Cc1ccc(CC(=O)N(C)C)cc1)c(=O)n2C. The molecule has 2 aromatic carbocycles. The van der Waals surface area contributed by atoms with Gasteiger partial charge in [0.25, 0.3) is 5.56 Å². The van der Waals surface area contributed by atoms with Crippen molar-refractivity contribution in [2.75, 3.05) is 21.2 Å². The number of fused-ring (bicyclic) bond motifs is 1. The molecule has 0 unspecified atom stereocenters. The lowest BCUT2D eigenvalue weighted by Gasteiger charge is -2.12. The van der Waals surface area contributed by atoms with Crippen molar-refractivity contribution in [2.45, 2.75) is 13.0 Å². The molecule has 0 aliphatic heterocycles. The molecule has 0 aliphatic carbocycles. The quantitative estimate of drug-likeness (QED) is 0.590. The van der Waals surface area contributed by atoms with Gasteiger partial charge in [0, 0.05) is 21.1 Å². The molecule has 1 aromatic heterocycles. The third-order valence-corrected chi connectivity index (χ3v) is 4.99. The molecule has 156 valence electrons. The van der Waals surface area contributed by atoms with E-state index in [-0.39, 0.29) is 29.8 Å². The predicted molar refractivity (Wildman–Crippen MR) is 113 cm³/mol. The Hall–Kier alpha value is -3.68. The van der Waals surface area contributed by atoms with Gasteiger partial charge in [0.05, 0.1) is 36.5 Å². The molecule has 1 amide bonds. The minimum absolute atomic E-state index is 0.0104. The van der Waals surface area contributed by atoms with Crippen LogP contribution in [0.3, 0.4) is 0 Å². The van der Waals surface area contributed by atoms with E-state index in [9.17, 15) is 19.2 Å². The van der Waals surface area contributed by atoms with E-state index in [2.05, 4.69) is 0 Å². The summed E-state index contributed by atoms with van der Waals surface area (Å²) in [6, 6.07) is 11.7. The first-order chi connectivity index (χ1) is 14.2. The van der Waals surface area contributed by atoms with E-state index in [0.717, 1.165) is 15.7 Å². The fourth-order valence-corrected chi connectivity index (χ4v) is 3.18. The lowest BCUT2D eigenvalue weighted by atomic mass is 10.1. The highest BCUT2D eigenvalue weighted by atomic mass is 16.5. The second-order valence-electron chi connectivity index (χ2n) is 7.24. The average Bonchev–Trinajstić information content (AvgIpc) is 2.75. The molecule has 0 fully saturated rings. The van der Waals surface area contributed by atoms with E-state index in [1.807, 2.05) is 12.1 Å². The third kappa shape index (κ3) is 4.03. The van der Waals surface area contributed by atoms with Crippen molar-refractivity contribution >= 4 is 22.8 Å². The van der Waals surface area contributed by atoms with Crippen molar-refractivity contribution in [1.29, 1.82) is 0 Å². The maximum absolute atomic E-state index is 13.0. The Labute approximate surface area is 172 Å². The van der Waals surface area contributed by atoms with E-state index in [1.165, 1.54) is 28.7 Å². The zero-order valence-electron chi connectivity index (χ0n) is 17.3. The summed E-state index contributed by atoms with van der Waals surface area (Å²) in [5.41, 5.74) is 1.34. The topological polar surface area (TPSA) is 90.6 Å². The maximum Gasteiger partial charge on any atom is 0.337 e. The monoisotopic (exact) mass is 409 g/mol. The van der Waals surface area contributed by atoms with Crippen LogP contribution in [0.4, 0.5) is 0 Å². The fourth-order valence-electron chi connectivity index (χ4n) is 3.18. The first-order valence-corrected chi connectivity index (χ1v) is 9.32. The van der Waals surface area contributed by atoms with Crippen LogP contribution in [0.2, 0.25) is 0 Å². The van der Waals surface area contributed by atoms with Crippen LogP contribution >= 0.6 is 0 Å². The van der Waals surface area contributed by atoms with Gasteiger partial charge in [-0.25, -0.2) is 9.59 Å². The predicted octanol–water partition coefficient (Wildman–Crippen LogP) is 1.17. The second kappa shape index (κ2) is 8.36. The molecule has 3 rings (SSSR count). The molecule has 3 aromatic rings. The van der Waals surface area contributed by atoms with Crippen LogP contribution in [0.15, 0.2) is 52.1 Å². The van der Waals surface area contributed by atoms with Gasteiger partial charge in [0.2, 0.25) is 5.91 Å². The number of hydrogen-bond acceptors (Lipinski definition) is 5. The van der Waals surface area contributed by atoms with Gasteiger partial charge in [-0.3, -0.25) is 18.7 Å². The number of hydrogen-bond donors (Lipinski definition) is 0. The fraction of sp³-hybridized carbons (Fsp3) is 0.273. The summed E-state index contributed by atoms with van der Waals surface area (Å²) in [6.07, 6.45) is 0.279. The Bertz CT molecular complexity index is 1240. The molecule has 8 heteroatoms. The molecular formula is C22H23N3O5. The Morgan fingerprint density at radius 3 is 2.23 bits per heavy atom. The molecular weight excluding hydrogens is 386 g/mol. The molecule has 0 N–H and O–H groups in total. The van der Waals surface area contributed by atoms with Crippen molar-refractivity contribution in [2.24, 2.45) is 7.05 Å². The summed E-state index contributed by atoms with van der Waals surface area (Å²) < 4.78 is 7.22. The summed E-state index contributed by atoms with van der Waals surface area (Å²) in [5, 5.41) is 0.258. The van der Waals surface area contributed by atoms with Gasteiger partial charge in [-0.2, -0.15) is 0 Å². The van der Waals surface area contributed by atoms with Crippen LogP contribution in [-0.2, 0) is 29.5 Å². The van der Waals surface area contributed by atoms with Crippen molar-refractivity contribution in [1.82, 2.24) is 14.0 Å². The standard InChI is InChI=1S/C22H23N3O5/c1-23(2)19(26)11-14-5-7-15(8-6-14)13-25-20(27)17-12-16(21(28)30-4)9-10-18(17)24(3)22(25)29/h5-10,12H,11,13H2,1-4H3. The highest BCUT2D eigenvalue weighted by Gasteiger charge is 2.15. The molecule has 0 radical (unpaired) electrons. The molecule has 30 heavy (non-hydrogen) atoms. The van der Waals surface area contributed by atoms with Gasteiger partial charge in [-0.1, -0.05) is 24.3 Å². The highest BCUT2D eigenvalue weighted by molar-refractivity contribution is 5.94. The van der Waals surface area contributed by atoms with Crippen molar-refractivity contribution < 1.29 is 14.3 Å². The smallest absolute Gasteiger partial charge is 0.337 e. The Morgan fingerprint density at radius 1 is 1.00 bits per heavy atom. The zero-order chi connectivity index (χ0) is 22.0. The number of carbonyl (C=O) groups excluding carboxylic acids is 2. The van der Waals surface area contributed by atoms with Gasteiger partial charge in [-0.05, 0) is 29.3 Å². The number of aryl methyl sites for hydroxylation is 1. The summed E-state index contributed by atoms with van der Waals surface area (Å²) in [7, 11) is 6.24. The van der Waals surface area contributed by atoms with E-state index in [4.69, 9.17) is 4.74 Å². The van der Waals surface area contributed by atoms with Crippen LogP contribution in [0, 0.1) is 0 Å². The first kappa shape index (κ1) is 21.0. The Morgan fingerprint density at radius 2 is 1.63 bits per heavy atom. The Kier molecular flexibility index (Phi) is 5.86. The normalized spacial score (nSPS) is 10.8. The van der Waals surface area contributed by atoms with E-state index < -0.39 is 17.2 Å². The summed E-state index contributed by atoms with van der Waals surface area (Å²) in [6.45, 7) is 0.0752. The zero-order valence-corrected chi connectivity index (χ0v) is 17.3. The van der Waals surface area contributed by atoms with Gasteiger partial charge in [0.15, 0.2) is 0 Å². The molecule has 8 nitrogen and oxygen atoms in total. The van der Waals surface area contributed by atoms with Crippen molar-refractivity contribution in [3.8, 4) is 0 Å². The van der Waals surface area contributed by atoms with Crippen LogP contribution in [-0.4, -0.2) is 47.1 Å². The van der Waals surface area contributed by atoms with Crippen LogP contribution in [0.25, 0.3) is 10.9 Å². The number of ether oxygens (including phenoxy) is 1. The minimum Gasteiger partial charge on any atom is -0.465 e. The summed E-state index contributed by atoms with van der Waals surface area (Å²) >= 11 is 0. The molecule has 0 saturated heterocycles. The number of methoxy groups -OCH3 is 1. The minimum atomic E-state index is -0.556. The number of aromatic nitrogens is 2. The number of likely N-dealkylation sites (N-methyl/N-ethyl adjacent to an activating group) is 1. The number of benzene rings is 2. The molecule has 0 aliphatic rings. The van der Waals surface area contributed by atoms with Gasteiger partial charge in [0.1, 0.15) is 0 Å². The van der Waals surface area contributed by atoms with Gasteiger partial charge in [-0.15, -0.1) is 0 Å². The van der Waals surface area contributed by atoms with Crippen LogP contribution in [0.1, 0.15) is 21.5 Å². The molecule has 0 spiro atoms. The lowest BCUT2D eigenvalue weighted by molar-refractivity contribution is -0.127. The van der Waals surface area contributed by atoms with E-state index >= 15 is 0 Å². The number of carbonyl (C=O) groups is 2. The first-order valence-electron chi connectivity index (χ1n) is 9.32. The number of amides is 1. The average molecular weight is 409 g/mol. The summed E-state index contributed by atoms with van der Waals surface area (Å²) in [4.78, 5) is 50.9. The molecule has 0 saturated carbocycles. The number of esters is 1. The third-order valence-electron chi connectivity index (χ3n) is 4.99. The van der Waals surface area contributed by atoms with Crippen LogP contribution in [0.5, 0.6) is 0 Å². The van der Waals surface area contributed by atoms with Crippen molar-refractivity contribution in [3.63, 3.8) is 0 Å². The molecule has 0 atom stereocenters. The highest BCUT2D eigenvalue weighted by Crippen LogP contribution is 2.13. The van der Waals surface area contributed by atoms with Gasteiger partial charge >= 0.3 is 11.7 Å². The van der Waals surface area contributed by atoms with E-state index in [1.54, 1.807) is 39.3 Å². The summed E-state index contributed by atoms with van der Waals surface area (Å²) in [5.74, 6) is -0.566. The van der Waals surface area contributed by atoms with Crippen molar-refractivity contribution in [3.05, 3.63) is 80.0 Å².